The SMILES string of the molecule is O=[N+]([O-])c1ccc(CNCc2cn3ccsc3n2)cc1. The molecule has 102 valence electrons. The smallest absolute Gasteiger partial charge is 0.269 e. The van der Waals surface area contributed by atoms with Crippen molar-refractivity contribution >= 4 is 22.0 Å². The minimum atomic E-state index is -0.394. The molecule has 0 saturated carbocycles. The van der Waals surface area contributed by atoms with Gasteiger partial charge in [-0.05, 0) is 5.56 Å². The number of fused-ring (bicyclic) bond motifs is 1. The van der Waals surface area contributed by atoms with E-state index in [1.54, 1.807) is 23.5 Å². The molecular weight excluding hydrogens is 276 g/mol. The standard InChI is InChI=1S/C13H12N4O2S/c18-17(19)12-3-1-10(2-4-12)7-14-8-11-9-16-5-6-20-13(16)15-11/h1-6,9,14H,7-8H2. The first-order valence-electron chi connectivity index (χ1n) is 6.07. The Labute approximate surface area is 118 Å². The highest BCUT2D eigenvalue weighted by molar-refractivity contribution is 7.15. The predicted molar refractivity (Wildman–Crippen MR) is 76.7 cm³/mol. The molecule has 0 unspecified atom stereocenters. The van der Waals surface area contributed by atoms with E-state index in [4.69, 9.17) is 0 Å². The molecule has 0 atom stereocenters. The van der Waals surface area contributed by atoms with Crippen molar-refractivity contribution in [1.82, 2.24) is 14.7 Å². The van der Waals surface area contributed by atoms with Crippen molar-refractivity contribution in [3.63, 3.8) is 0 Å². The Balaban J connectivity index is 1.56. The van der Waals surface area contributed by atoms with E-state index < -0.39 is 4.92 Å². The van der Waals surface area contributed by atoms with Crippen LogP contribution in [0, 0.1) is 10.1 Å². The topological polar surface area (TPSA) is 72.5 Å². The molecule has 20 heavy (non-hydrogen) atoms. The van der Waals surface area contributed by atoms with Crippen LogP contribution in [-0.4, -0.2) is 14.3 Å². The van der Waals surface area contributed by atoms with Crippen molar-refractivity contribution < 1.29 is 4.92 Å². The average Bonchev–Trinajstić information content (AvgIpc) is 3.00. The van der Waals surface area contributed by atoms with Crippen LogP contribution in [0.25, 0.3) is 4.96 Å². The molecule has 7 heteroatoms. The third-order valence-corrected chi connectivity index (χ3v) is 3.70. The van der Waals surface area contributed by atoms with Gasteiger partial charge in [0.2, 0.25) is 0 Å². The number of imidazole rings is 1. The third kappa shape index (κ3) is 2.68. The molecule has 0 aliphatic rings. The van der Waals surface area contributed by atoms with Crippen LogP contribution in [0.1, 0.15) is 11.3 Å². The summed E-state index contributed by atoms with van der Waals surface area (Å²) < 4.78 is 1.99. The number of nitrogens with zero attached hydrogens (tertiary/aromatic N) is 3. The predicted octanol–water partition coefficient (Wildman–Crippen LogP) is 2.59. The molecule has 2 heterocycles. The Morgan fingerprint density at radius 2 is 2.10 bits per heavy atom. The number of nitrogens with one attached hydrogen (secondary N) is 1. The maximum atomic E-state index is 10.6. The zero-order valence-corrected chi connectivity index (χ0v) is 11.3. The van der Waals surface area contributed by atoms with Gasteiger partial charge in [-0.15, -0.1) is 11.3 Å². The number of hydrogen-bond donors (Lipinski definition) is 1. The first-order valence-corrected chi connectivity index (χ1v) is 6.95. The summed E-state index contributed by atoms with van der Waals surface area (Å²) in [5.74, 6) is 0. The highest BCUT2D eigenvalue weighted by Gasteiger charge is 2.04. The molecule has 6 nitrogen and oxygen atoms in total. The summed E-state index contributed by atoms with van der Waals surface area (Å²) in [6.07, 6.45) is 3.97. The van der Waals surface area contributed by atoms with Crippen molar-refractivity contribution in [3.05, 3.63) is 63.4 Å². The lowest BCUT2D eigenvalue weighted by Crippen LogP contribution is -2.12. The summed E-state index contributed by atoms with van der Waals surface area (Å²) in [6.45, 7) is 1.33. The van der Waals surface area contributed by atoms with Crippen molar-refractivity contribution in [2.45, 2.75) is 13.1 Å². The zero-order chi connectivity index (χ0) is 13.9. The highest BCUT2D eigenvalue weighted by atomic mass is 32.1. The molecule has 0 saturated heterocycles. The number of thiazole rings is 1. The van der Waals surface area contributed by atoms with Crippen molar-refractivity contribution in [3.8, 4) is 0 Å². The summed E-state index contributed by atoms with van der Waals surface area (Å²) in [6, 6.07) is 6.56. The molecule has 0 fully saturated rings. The molecule has 3 rings (SSSR count). The molecule has 0 aliphatic heterocycles. The van der Waals surface area contributed by atoms with E-state index >= 15 is 0 Å². The second-order valence-corrected chi connectivity index (χ2v) is 5.23. The van der Waals surface area contributed by atoms with Crippen LogP contribution in [-0.2, 0) is 13.1 Å². The molecule has 1 aromatic carbocycles. The van der Waals surface area contributed by atoms with Gasteiger partial charge in [0, 0.05) is 43.0 Å². The largest absolute Gasteiger partial charge is 0.307 e. The van der Waals surface area contributed by atoms with Gasteiger partial charge >= 0.3 is 0 Å². The summed E-state index contributed by atoms with van der Waals surface area (Å²) in [7, 11) is 0. The minimum Gasteiger partial charge on any atom is -0.307 e. The third-order valence-electron chi connectivity index (χ3n) is 2.93. The van der Waals surface area contributed by atoms with E-state index in [1.165, 1.54) is 12.1 Å². The van der Waals surface area contributed by atoms with Gasteiger partial charge < -0.3 is 5.32 Å². The van der Waals surface area contributed by atoms with Gasteiger partial charge in [-0.2, -0.15) is 0 Å². The van der Waals surface area contributed by atoms with E-state index in [9.17, 15) is 10.1 Å². The van der Waals surface area contributed by atoms with Crippen molar-refractivity contribution in [2.24, 2.45) is 0 Å². The van der Waals surface area contributed by atoms with E-state index in [0.717, 1.165) is 16.2 Å². The monoisotopic (exact) mass is 288 g/mol. The fraction of sp³-hybridized carbons (Fsp3) is 0.154. The number of nitro benzene ring substituents is 1. The van der Waals surface area contributed by atoms with Gasteiger partial charge in [0.25, 0.3) is 5.69 Å². The quantitative estimate of drug-likeness (QED) is 0.578. The number of non-ortho nitro benzene ring substituents is 1. The summed E-state index contributed by atoms with van der Waals surface area (Å²) in [5.41, 5.74) is 2.11. The molecule has 3 aromatic rings. The maximum Gasteiger partial charge on any atom is 0.269 e. The van der Waals surface area contributed by atoms with Crippen molar-refractivity contribution in [1.29, 1.82) is 0 Å². The Hall–Kier alpha value is -2.25. The zero-order valence-electron chi connectivity index (χ0n) is 10.5. The van der Waals surface area contributed by atoms with Gasteiger partial charge in [0.1, 0.15) is 0 Å². The Morgan fingerprint density at radius 3 is 2.80 bits per heavy atom. The lowest BCUT2D eigenvalue weighted by Gasteiger charge is -2.02. The van der Waals surface area contributed by atoms with Crippen molar-refractivity contribution in [2.75, 3.05) is 0 Å². The second-order valence-electron chi connectivity index (χ2n) is 4.35. The van der Waals surface area contributed by atoms with Crippen LogP contribution in [0.3, 0.4) is 0 Å². The van der Waals surface area contributed by atoms with Crippen LogP contribution in [0.5, 0.6) is 0 Å². The van der Waals surface area contributed by atoms with Crippen LogP contribution in [0.4, 0.5) is 5.69 Å². The second kappa shape index (κ2) is 5.40. The number of benzene rings is 1. The first-order chi connectivity index (χ1) is 9.72. The van der Waals surface area contributed by atoms with E-state index in [0.29, 0.717) is 13.1 Å². The Morgan fingerprint density at radius 1 is 1.30 bits per heavy atom. The molecule has 0 spiro atoms. The first kappa shape index (κ1) is 12.8. The number of nitro groups is 1. The fourth-order valence-corrected chi connectivity index (χ4v) is 2.65. The minimum absolute atomic E-state index is 0.114. The fourth-order valence-electron chi connectivity index (χ4n) is 1.93. The van der Waals surface area contributed by atoms with Gasteiger partial charge in [0.15, 0.2) is 4.96 Å². The lowest BCUT2D eigenvalue weighted by atomic mass is 10.2. The van der Waals surface area contributed by atoms with Crippen LogP contribution in [0.15, 0.2) is 42.0 Å². The number of hydrogen-bond acceptors (Lipinski definition) is 5. The van der Waals surface area contributed by atoms with Gasteiger partial charge in [-0.1, -0.05) is 12.1 Å². The average molecular weight is 288 g/mol. The summed E-state index contributed by atoms with van der Waals surface area (Å²) >= 11 is 1.60. The van der Waals surface area contributed by atoms with E-state index in [1.807, 2.05) is 22.2 Å². The van der Waals surface area contributed by atoms with E-state index in [-0.39, 0.29) is 5.69 Å². The molecule has 0 radical (unpaired) electrons. The Kier molecular flexibility index (Phi) is 3.44. The van der Waals surface area contributed by atoms with Crippen LogP contribution in [0.2, 0.25) is 0 Å². The van der Waals surface area contributed by atoms with Gasteiger partial charge in [0.05, 0.1) is 10.6 Å². The molecule has 0 aliphatic carbocycles. The van der Waals surface area contributed by atoms with Crippen LogP contribution < -0.4 is 5.32 Å². The normalized spacial score (nSPS) is 11.0. The number of rotatable bonds is 5. The van der Waals surface area contributed by atoms with Gasteiger partial charge in [-0.25, -0.2) is 4.98 Å². The summed E-state index contributed by atoms with van der Waals surface area (Å²) in [5, 5.41) is 15.8. The van der Waals surface area contributed by atoms with Gasteiger partial charge in [-0.3, -0.25) is 14.5 Å². The highest BCUT2D eigenvalue weighted by Crippen LogP contribution is 2.13. The summed E-state index contributed by atoms with van der Waals surface area (Å²) in [4.78, 5) is 15.6. The lowest BCUT2D eigenvalue weighted by molar-refractivity contribution is -0.384. The van der Waals surface area contributed by atoms with E-state index in [2.05, 4.69) is 10.3 Å². The van der Waals surface area contributed by atoms with Crippen LogP contribution >= 0.6 is 11.3 Å². The molecule has 1 N–H and O–H groups in total. The Bertz CT molecular complexity index is 704. The maximum absolute atomic E-state index is 10.6. The molecule has 0 bridgehead atoms. The molecule has 0 amide bonds. The number of aromatic nitrogens is 2. The molecule has 2 aromatic heterocycles. The molecular formula is C13H12N4O2S.